The molecule has 0 bridgehead atoms. The number of fused-ring (bicyclic) bond motifs is 6. The number of ether oxygens (including phenoxy) is 1. The second-order valence-corrected chi connectivity index (χ2v) is 9.53. The summed E-state index contributed by atoms with van der Waals surface area (Å²) in [7, 11) is 1.62. The average Bonchev–Trinajstić information content (AvgIpc) is 3.56. The largest absolute Gasteiger partial charge is 0.497 e. The highest BCUT2D eigenvalue weighted by Crippen LogP contribution is 2.45. The van der Waals surface area contributed by atoms with Gasteiger partial charge in [-0.3, -0.25) is 9.36 Å². The van der Waals surface area contributed by atoms with Gasteiger partial charge in [-0.2, -0.15) is 0 Å². The third kappa shape index (κ3) is 2.98. The summed E-state index contributed by atoms with van der Waals surface area (Å²) in [6.45, 7) is 0. The summed E-state index contributed by atoms with van der Waals surface area (Å²) in [5.74, 6) is 1.50. The zero-order valence-corrected chi connectivity index (χ0v) is 19.6. The monoisotopic (exact) mass is 477 g/mol. The summed E-state index contributed by atoms with van der Waals surface area (Å²) >= 11 is 1.39. The number of hydrogen-bond donors (Lipinski definition) is 0. The number of methoxy groups -OCH3 is 1. The maximum absolute atomic E-state index is 13.6. The number of pyridine rings is 1. The summed E-state index contributed by atoms with van der Waals surface area (Å²) < 4.78 is 13.3. The summed E-state index contributed by atoms with van der Waals surface area (Å²) in [6.07, 6.45) is 5.07. The van der Waals surface area contributed by atoms with Crippen LogP contribution in [0.4, 0.5) is 0 Å². The van der Waals surface area contributed by atoms with Crippen molar-refractivity contribution in [3.63, 3.8) is 0 Å². The molecule has 0 amide bonds. The summed E-state index contributed by atoms with van der Waals surface area (Å²) in [5.41, 5.74) is 6.81. The van der Waals surface area contributed by atoms with Crippen molar-refractivity contribution in [2.24, 2.45) is 0 Å². The number of aryl methyl sites for hydroxylation is 1. The number of thiophene rings is 1. The van der Waals surface area contributed by atoms with E-state index in [4.69, 9.17) is 19.1 Å². The van der Waals surface area contributed by atoms with Gasteiger partial charge >= 0.3 is 0 Å². The van der Waals surface area contributed by atoms with Crippen LogP contribution in [0.3, 0.4) is 0 Å². The summed E-state index contributed by atoms with van der Waals surface area (Å²) in [6, 6.07) is 19.6. The van der Waals surface area contributed by atoms with Gasteiger partial charge in [-0.15, -0.1) is 11.3 Å². The number of benzene rings is 2. The van der Waals surface area contributed by atoms with E-state index >= 15 is 0 Å². The molecule has 0 spiro atoms. The minimum Gasteiger partial charge on any atom is -0.497 e. The fourth-order valence-corrected chi connectivity index (χ4v) is 6.08. The van der Waals surface area contributed by atoms with E-state index in [9.17, 15) is 4.79 Å². The first-order chi connectivity index (χ1) is 17.2. The Bertz CT molecular complexity index is 1800. The second-order valence-electron chi connectivity index (χ2n) is 8.53. The molecule has 35 heavy (non-hydrogen) atoms. The summed E-state index contributed by atoms with van der Waals surface area (Å²) in [5, 5.41) is 0.886. The van der Waals surface area contributed by atoms with Gasteiger partial charge in [0, 0.05) is 16.5 Å². The molecule has 1 aliphatic rings. The standard InChI is InChI=1S/C28H19N3O3S/c1-33-18-11-9-17(10-12-18)31-15-29-25-23-22(21-7-4-14-34-21)20-13-8-16-5-2-3-6-19(16)24(20)30-27(23)35-26(25)28(31)32/h2-7,9-12,14-15H,8,13H2,1H3. The molecule has 4 heterocycles. The van der Waals surface area contributed by atoms with Crippen molar-refractivity contribution < 1.29 is 9.15 Å². The molecule has 7 rings (SSSR count). The molecule has 0 N–H and O–H groups in total. The lowest BCUT2D eigenvalue weighted by Crippen LogP contribution is -2.17. The lowest BCUT2D eigenvalue weighted by atomic mass is 9.85. The smallest absolute Gasteiger partial charge is 0.275 e. The molecule has 7 heteroatoms. The van der Waals surface area contributed by atoms with Crippen LogP contribution in [0, 0.1) is 0 Å². The topological polar surface area (TPSA) is 70.2 Å². The third-order valence-electron chi connectivity index (χ3n) is 6.67. The van der Waals surface area contributed by atoms with Gasteiger partial charge in [0.2, 0.25) is 0 Å². The molecule has 0 unspecified atom stereocenters. The van der Waals surface area contributed by atoms with Crippen molar-refractivity contribution in [1.29, 1.82) is 0 Å². The molecule has 2 aromatic carbocycles. The van der Waals surface area contributed by atoms with E-state index < -0.39 is 0 Å². The van der Waals surface area contributed by atoms with Crippen LogP contribution in [0.25, 0.3) is 48.7 Å². The van der Waals surface area contributed by atoms with Gasteiger partial charge in [0.1, 0.15) is 27.4 Å². The molecule has 0 atom stereocenters. The minimum atomic E-state index is -0.119. The van der Waals surface area contributed by atoms with Gasteiger partial charge in [-0.25, -0.2) is 9.97 Å². The van der Waals surface area contributed by atoms with Crippen LogP contribution in [-0.2, 0) is 12.8 Å². The number of furan rings is 1. The van der Waals surface area contributed by atoms with Gasteiger partial charge in [-0.05, 0) is 60.4 Å². The van der Waals surface area contributed by atoms with Gasteiger partial charge in [0.15, 0.2) is 0 Å². The number of hydrogen-bond acceptors (Lipinski definition) is 6. The molecule has 0 saturated carbocycles. The number of aromatic nitrogens is 3. The Balaban J connectivity index is 1.55. The number of nitrogens with zero attached hydrogens (tertiary/aromatic N) is 3. The third-order valence-corrected chi connectivity index (χ3v) is 7.73. The zero-order valence-electron chi connectivity index (χ0n) is 18.8. The predicted octanol–water partition coefficient (Wildman–Crippen LogP) is 6.03. The highest BCUT2D eigenvalue weighted by atomic mass is 32.1. The number of rotatable bonds is 3. The van der Waals surface area contributed by atoms with E-state index in [0.717, 1.165) is 62.6 Å². The van der Waals surface area contributed by atoms with Crippen molar-refractivity contribution in [3.05, 3.63) is 94.7 Å². The quantitative estimate of drug-likeness (QED) is 0.311. The van der Waals surface area contributed by atoms with Crippen molar-refractivity contribution in [3.8, 4) is 34.0 Å². The molecular weight excluding hydrogens is 458 g/mol. The van der Waals surface area contributed by atoms with E-state index in [0.29, 0.717) is 10.2 Å². The Hall–Kier alpha value is -4.23. The van der Waals surface area contributed by atoms with Crippen molar-refractivity contribution in [2.75, 3.05) is 7.11 Å². The second kappa shape index (κ2) is 7.65. The van der Waals surface area contributed by atoms with Gasteiger partial charge < -0.3 is 9.15 Å². The Morgan fingerprint density at radius 1 is 1.03 bits per heavy atom. The molecule has 0 radical (unpaired) electrons. The van der Waals surface area contributed by atoms with E-state index in [-0.39, 0.29) is 5.56 Å². The van der Waals surface area contributed by atoms with Crippen LogP contribution >= 0.6 is 11.3 Å². The van der Waals surface area contributed by atoms with Gasteiger partial charge in [0.05, 0.1) is 30.3 Å². The minimum absolute atomic E-state index is 0.119. The van der Waals surface area contributed by atoms with Crippen molar-refractivity contribution in [1.82, 2.24) is 14.5 Å². The molecule has 6 nitrogen and oxygen atoms in total. The molecule has 4 aromatic heterocycles. The maximum atomic E-state index is 13.6. The normalized spacial score (nSPS) is 12.6. The molecule has 0 aliphatic heterocycles. The highest BCUT2D eigenvalue weighted by molar-refractivity contribution is 7.25. The Morgan fingerprint density at radius 3 is 2.69 bits per heavy atom. The van der Waals surface area contributed by atoms with E-state index in [1.54, 1.807) is 24.3 Å². The zero-order chi connectivity index (χ0) is 23.5. The Kier molecular flexibility index (Phi) is 4.41. The molecule has 1 aliphatic carbocycles. The molecule has 170 valence electrons. The van der Waals surface area contributed by atoms with Crippen LogP contribution in [0.1, 0.15) is 11.1 Å². The van der Waals surface area contributed by atoms with Crippen LogP contribution in [0.15, 0.2) is 82.5 Å². The molecule has 6 aromatic rings. The first-order valence-corrected chi connectivity index (χ1v) is 12.2. The fraction of sp³-hybridized carbons (Fsp3) is 0.107. The van der Waals surface area contributed by atoms with Crippen LogP contribution in [0.2, 0.25) is 0 Å². The van der Waals surface area contributed by atoms with E-state index in [1.807, 2.05) is 42.5 Å². The fourth-order valence-electron chi connectivity index (χ4n) is 5.01. The maximum Gasteiger partial charge on any atom is 0.275 e. The van der Waals surface area contributed by atoms with Gasteiger partial charge in [0.25, 0.3) is 5.56 Å². The molecule has 0 fully saturated rings. The highest BCUT2D eigenvalue weighted by Gasteiger charge is 2.27. The SMILES string of the molecule is COc1ccc(-n2cnc3c(sc4nc5c(c(-c6ccco6)c43)CCc3ccccc3-5)c2=O)cc1. The van der Waals surface area contributed by atoms with Crippen LogP contribution < -0.4 is 10.3 Å². The Labute approximate surface area is 204 Å². The van der Waals surface area contributed by atoms with Gasteiger partial charge in [-0.1, -0.05) is 24.3 Å². The van der Waals surface area contributed by atoms with E-state index in [1.165, 1.54) is 16.9 Å². The van der Waals surface area contributed by atoms with E-state index in [2.05, 4.69) is 18.2 Å². The van der Waals surface area contributed by atoms with Crippen LogP contribution in [0.5, 0.6) is 5.75 Å². The Morgan fingerprint density at radius 2 is 1.89 bits per heavy atom. The average molecular weight is 478 g/mol. The lowest BCUT2D eigenvalue weighted by Gasteiger charge is -2.21. The molecule has 0 saturated heterocycles. The lowest BCUT2D eigenvalue weighted by molar-refractivity contribution is 0.414. The first-order valence-electron chi connectivity index (χ1n) is 11.4. The van der Waals surface area contributed by atoms with Crippen molar-refractivity contribution in [2.45, 2.75) is 12.8 Å². The molecular formula is C28H19N3O3S. The van der Waals surface area contributed by atoms with Crippen LogP contribution in [-0.4, -0.2) is 21.6 Å². The first kappa shape index (κ1) is 20.2. The summed E-state index contributed by atoms with van der Waals surface area (Å²) in [4.78, 5) is 24.3. The predicted molar refractivity (Wildman–Crippen MR) is 138 cm³/mol. The van der Waals surface area contributed by atoms with Crippen molar-refractivity contribution >= 4 is 31.8 Å².